The SMILES string of the molecule is CC(=O)O[C@H]1C(=O)CCc2c1ccc1c2CC[C@@]2(C)[C@@H]1CC[C@H]2[C@H](C)CC[C@H](C)C(C)C. The van der Waals surface area contributed by atoms with Gasteiger partial charge in [0.2, 0.25) is 0 Å². The van der Waals surface area contributed by atoms with Gasteiger partial charge in [-0.1, -0.05) is 59.6 Å². The minimum atomic E-state index is -0.700. The maximum absolute atomic E-state index is 12.5. The highest BCUT2D eigenvalue weighted by Gasteiger charge is 2.51. The Morgan fingerprint density at radius 2 is 1.72 bits per heavy atom. The van der Waals surface area contributed by atoms with Gasteiger partial charge in [-0.05, 0) is 83.8 Å². The van der Waals surface area contributed by atoms with Gasteiger partial charge < -0.3 is 4.74 Å². The third kappa shape index (κ3) is 4.05. The van der Waals surface area contributed by atoms with Gasteiger partial charge in [0.1, 0.15) is 0 Å². The monoisotopic (exact) mass is 438 g/mol. The first-order valence-electron chi connectivity index (χ1n) is 13.0. The highest BCUT2D eigenvalue weighted by Crippen LogP contribution is 2.61. The van der Waals surface area contributed by atoms with E-state index in [1.54, 1.807) is 0 Å². The number of esters is 1. The molecule has 0 radical (unpaired) electrons. The van der Waals surface area contributed by atoms with Crippen LogP contribution in [0.2, 0.25) is 0 Å². The predicted molar refractivity (Wildman–Crippen MR) is 129 cm³/mol. The number of carbonyl (C=O) groups excluding carboxylic acids is 2. The lowest BCUT2D eigenvalue weighted by atomic mass is 9.59. The van der Waals surface area contributed by atoms with Gasteiger partial charge in [-0.15, -0.1) is 0 Å². The molecule has 0 unspecified atom stereocenters. The molecule has 1 aromatic carbocycles. The summed E-state index contributed by atoms with van der Waals surface area (Å²) >= 11 is 0. The number of ether oxygens (including phenoxy) is 1. The first-order valence-corrected chi connectivity index (χ1v) is 13.0. The van der Waals surface area contributed by atoms with Crippen molar-refractivity contribution in [1.29, 1.82) is 0 Å². The molecule has 0 saturated heterocycles. The zero-order valence-corrected chi connectivity index (χ0v) is 21.0. The van der Waals surface area contributed by atoms with Gasteiger partial charge in [-0.2, -0.15) is 0 Å². The molecule has 3 aliphatic rings. The molecule has 32 heavy (non-hydrogen) atoms. The Balaban J connectivity index is 1.58. The van der Waals surface area contributed by atoms with E-state index in [1.165, 1.54) is 55.7 Å². The van der Waals surface area contributed by atoms with E-state index in [0.717, 1.165) is 42.1 Å². The van der Waals surface area contributed by atoms with Gasteiger partial charge >= 0.3 is 5.97 Å². The Labute approximate surface area is 194 Å². The first kappa shape index (κ1) is 23.5. The van der Waals surface area contributed by atoms with Crippen LogP contribution in [0.3, 0.4) is 0 Å². The quantitative estimate of drug-likeness (QED) is 0.451. The van der Waals surface area contributed by atoms with Crippen molar-refractivity contribution < 1.29 is 14.3 Å². The Morgan fingerprint density at radius 1 is 1.03 bits per heavy atom. The van der Waals surface area contributed by atoms with E-state index in [1.807, 2.05) is 0 Å². The molecule has 176 valence electrons. The molecule has 0 heterocycles. The number of benzene rings is 1. The average Bonchev–Trinajstić information content (AvgIpc) is 3.10. The van der Waals surface area contributed by atoms with Crippen molar-refractivity contribution in [1.82, 2.24) is 0 Å². The second-order valence-electron chi connectivity index (χ2n) is 11.7. The topological polar surface area (TPSA) is 43.4 Å². The fourth-order valence-corrected chi connectivity index (χ4v) is 7.26. The van der Waals surface area contributed by atoms with Crippen molar-refractivity contribution in [2.75, 3.05) is 0 Å². The normalized spacial score (nSPS) is 31.0. The fourth-order valence-electron chi connectivity index (χ4n) is 7.26. The summed E-state index contributed by atoms with van der Waals surface area (Å²) in [5, 5.41) is 0. The van der Waals surface area contributed by atoms with Crippen LogP contribution in [-0.2, 0) is 27.2 Å². The molecule has 0 aromatic heterocycles. The van der Waals surface area contributed by atoms with Gasteiger partial charge in [0.25, 0.3) is 0 Å². The molecule has 0 N–H and O–H groups in total. The molecule has 1 fully saturated rings. The second kappa shape index (κ2) is 8.95. The van der Waals surface area contributed by atoms with Crippen LogP contribution < -0.4 is 0 Å². The van der Waals surface area contributed by atoms with Crippen molar-refractivity contribution in [3.63, 3.8) is 0 Å². The van der Waals surface area contributed by atoms with Crippen LogP contribution in [0, 0.1) is 29.1 Å². The average molecular weight is 439 g/mol. The molecule has 1 aromatic rings. The number of rotatable bonds is 6. The number of Topliss-reactive ketones (excluding diaryl/α,β-unsaturated/α-hetero) is 1. The van der Waals surface area contributed by atoms with Crippen LogP contribution in [0.15, 0.2) is 12.1 Å². The summed E-state index contributed by atoms with van der Waals surface area (Å²) in [6.07, 6.45) is 8.21. The summed E-state index contributed by atoms with van der Waals surface area (Å²) in [5.41, 5.74) is 5.62. The minimum Gasteiger partial charge on any atom is -0.450 e. The molecule has 1 saturated carbocycles. The highest BCUT2D eigenvalue weighted by atomic mass is 16.5. The molecule has 6 atom stereocenters. The molecule has 0 amide bonds. The number of hydrogen-bond donors (Lipinski definition) is 0. The molecule has 0 aliphatic heterocycles. The summed E-state index contributed by atoms with van der Waals surface area (Å²) in [6.45, 7) is 13.6. The van der Waals surface area contributed by atoms with E-state index < -0.39 is 6.10 Å². The largest absolute Gasteiger partial charge is 0.450 e. The van der Waals surface area contributed by atoms with Crippen molar-refractivity contribution in [3.05, 3.63) is 34.4 Å². The lowest BCUT2D eigenvalue weighted by molar-refractivity contribution is -0.154. The summed E-state index contributed by atoms with van der Waals surface area (Å²) in [5.74, 6) is 3.43. The molecule has 0 bridgehead atoms. The third-order valence-electron chi connectivity index (χ3n) is 9.58. The smallest absolute Gasteiger partial charge is 0.303 e. The molecule has 0 spiro atoms. The third-order valence-corrected chi connectivity index (χ3v) is 9.58. The Bertz CT molecular complexity index is 885. The van der Waals surface area contributed by atoms with Crippen LogP contribution in [0.1, 0.15) is 114 Å². The predicted octanol–water partition coefficient (Wildman–Crippen LogP) is 6.96. The first-order chi connectivity index (χ1) is 15.1. The molecule has 3 aliphatic carbocycles. The van der Waals surface area contributed by atoms with E-state index in [-0.39, 0.29) is 11.8 Å². The summed E-state index contributed by atoms with van der Waals surface area (Å²) < 4.78 is 5.45. The summed E-state index contributed by atoms with van der Waals surface area (Å²) in [6, 6.07) is 4.38. The fraction of sp³-hybridized carbons (Fsp3) is 0.724. The van der Waals surface area contributed by atoms with Crippen LogP contribution in [-0.4, -0.2) is 11.8 Å². The highest BCUT2D eigenvalue weighted by molar-refractivity contribution is 5.89. The standard InChI is InChI=1S/C29H42O3/c1-17(2)18(3)7-8-19(4)25-12-13-26-23-9-10-24-21(22(23)15-16-29(25,26)6)11-14-27(31)28(24)32-20(5)30/h9-10,17-19,25-26,28H,7-8,11-16H2,1-6H3/t18-,19+,25-,26+,28+,29+/m0/s1. The lowest BCUT2D eigenvalue weighted by Crippen LogP contribution is -2.36. The molecule has 3 heteroatoms. The Morgan fingerprint density at radius 3 is 2.41 bits per heavy atom. The number of hydrogen-bond acceptors (Lipinski definition) is 3. The van der Waals surface area contributed by atoms with Gasteiger partial charge in [-0.3, -0.25) is 9.59 Å². The van der Waals surface area contributed by atoms with Crippen molar-refractivity contribution in [3.8, 4) is 0 Å². The van der Waals surface area contributed by atoms with E-state index in [4.69, 9.17) is 4.74 Å². The van der Waals surface area contributed by atoms with E-state index in [9.17, 15) is 9.59 Å². The summed E-state index contributed by atoms with van der Waals surface area (Å²) in [7, 11) is 0. The zero-order chi connectivity index (χ0) is 23.2. The second-order valence-corrected chi connectivity index (χ2v) is 11.7. The summed E-state index contributed by atoms with van der Waals surface area (Å²) in [4.78, 5) is 24.1. The number of ketones is 1. The zero-order valence-electron chi connectivity index (χ0n) is 21.0. The van der Waals surface area contributed by atoms with Gasteiger partial charge in [-0.25, -0.2) is 0 Å². The van der Waals surface area contributed by atoms with Gasteiger partial charge in [0.15, 0.2) is 11.9 Å². The molecule has 3 nitrogen and oxygen atoms in total. The molecular formula is C29H42O3. The molecular weight excluding hydrogens is 396 g/mol. The maximum Gasteiger partial charge on any atom is 0.303 e. The van der Waals surface area contributed by atoms with Crippen LogP contribution >= 0.6 is 0 Å². The van der Waals surface area contributed by atoms with Gasteiger partial charge in [0.05, 0.1) is 0 Å². The van der Waals surface area contributed by atoms with Crippen molar-refractivity contribution in [2.45, 2.75) is 105 Å². The molecule has 4 rings (SSSR count). The van der Waals surface area contributed by atoms with Crippen LogP contribution in [0.4, 0.5) is 0 Å². The van der Waals surface area contributed by atoms with E-state index >= 15 is 0 Å². The van der Waals surface area contributed by atoms with Gasteiger partial charge in [0, 0.05) is 18.9 Å². The van der Waals surface area contributed by atoms with Crippen molar-refractivity contribution >= 4 is 11.8 Å². The van der Waals surface area contributed by atoms with Crippen LogP contribution in [0.5, 0.6) is 0 Å². The number of fused-ring (bicyclic) bond motifs is 5. The lowest BCUT2D eigenvalue weighted by Gasteiger charge is -2.45. The Hall–Kier alpha value is -1.64. The number of carbonyl (C=O) groups is 2. The van der Waals surface area contributed by atoms with Crippen LogP contribution in [0.25, 0.3) is 0 Å². The van der Waals surface area contributed by atoms with E-state index in [2.05, 4.69) is 46.8 Å². The van der Waals surface area contributed by atoms with Crippen molar-refractivity contribution in [2.24, 2.45) is 29.1 Å². The Kier molecular flexibility index (Phi) is 6.58. The minimum absolute atomic E-state index is 0.0404. The van der Waals surface area contributed by atoms with E-state index in [0.29, 0.717) is 17.8 Å². The maximum atomic E-state index is 12.5.